The van der Waals surface area contributed by atoms with Crippen LogP contribution in [-0.2, 0) is 12.8 Å². The summed E-state index contributed by atoms with van der Waals surface area (Å²) < 4.78 is 0. The van der Waals surface area contributed by atoms with Gasteiger partial charge >= 0.3 is 0 Å². The van der Waals surface area contributed by atoms with Crippen molar-refractivity contribution in [3.8, 4) is 0 Å². The third kappa shape index (κ3) is 3.55. The van der Waals surface area contributed by atoms with Crippen LogP contribution in [0.4, 0.5) is 0 Å². The molecule has 2 heterocycles. The number of aliphatic hydroxyl groups is 1. The average molecular weight is 350 g/mol. The summed E-state index contributed by atoms with van der Waals surface area (Å²) in [5.74, 6) is 0. The van der Waals surface area contributed by atoms with Gasteiger partial charge in [-0.25, -0.2) is 4.98 Å². The van der Waals surface area contributed by atoms with Crippen molar-refractivity contribution in [2.24, 2.45) is 0 Å². The molecule has 3 unspecified atom stereocenters. The second kappa shape index (κ2) is 7.40. The minimum atomic E-state index is -0.0973. The molecular formula is C19H31N3OS. The Balaban J connectivity index is 1.28. The number of hydrogen-bond donors (Lipinski definition) is 2. The van der Waals surface area contributed by atoms with Crippen LogP contribution < -0.4 is 5.32 Å². The molecule has 0 amide bonds. The first-order chi connectivity index (χ1) is 11.7. The standard InChI is InChI=1S/C19H31N3OS/c1-13(19-21-15-5-4-8-18(15)24-19)20-14-9-11-22(12-10-14)16-6-2-3-7-17(16)23/h13-14,16-17,20,23H,2-12H2,1H3. The molecule has 3 atom stereocenters. The second-order valence-corrected chi connectivity index (χ2v) is 9.01. The number of nitrogens with zero attached hydrogens (tertiary/aromatic N) is 2. The molecule has 2 fully saturated rings. The molecular weight excluding hydrogens is 318 g/mol. The third-order valence-electron chi connectivity index (χ3n) is 6.16. The van der Waals surface area contributed by atoms with E-state index >= 15 is 0 Å². The topological polar surface area (TPSA) is 48.4 Å². The van der Waals surface area contributed by atoms with E-state index in [-0.39, 0.29) is 6.10 Å². The zero-order valence-electron chi connectivity index (χ0n) is 14.8. The van der Waals surface area contributed by atoms with Crippen LogP contribution in [0.3, 0.4) is 0 Å². The lowest BCUT2D eigenvalue weighted by molar-refractivity contribution is 0.00670. The summed E-state index contributed by atoms with van der Waals surface area (Å²) in [5.41, 5.74) is 1.37. The Hall–Kier alpha value is -0.490. The van der Waals surface area contributed by atoms with Gasteiger partial charge in [-0.05, 0) is 51.9 Å². The molecule has 0 bridgehead atoms. The van der Waals surface area contributed by atoms with E-state index in [4.69, 9.17) is 4.98 Å². The lowest BCUT2D eigenvalue weighted by atomic mass is 9.89. The molecule has 0 spiro atoms. The maximum atomic E-state index is 10.3. The fourth-order valence-electron chi connectivity index (χ4n) is 4.74. The summed E-state index contributed by atoms with van der Waals surface area (Å²) in [6.45, 7) is 4.52. The van der Waals surface area contributed by atoms with Crippen LogP contribution in [0.25, 0.3) is 0 Å². The van der Waals surface area contributed by atoms with Crippen LogP contribution in [-0.4, -0.2) is 46.3 Å². The Bertz CT molecular complexity index is 531. The summed E-state index contributed by atoms with van der Waals surface area (Å²) in [6.07, 6.45) is 10.7. The molecule has 1 aromatic heterocycles. The normalized spacial score (nSPS) is 30.4. The quantitative estimate of drug-likeness (QED) is 0.877. The van der Waals surface area contributed by atoms with E-state index in [1.54, 1.807) is 0 Å². The number of rotatable bonds is 4. The van der Waals surface area contributed by atoms with Crippen LogP contribution in [0, 0.1) is 0 Å². The van der Waals surface area contributed by atoms with Crippen LogP contribution in [0.1, 0.15) is 73.5 Å². The fourth-order valence-corrected chi connectivity index (χ4v) is 5.90. The highest BCUT2D eigenvalue weighted by molar-refractivity contribution is 7.11. The zero-order chi connectivity index (χ0) is 16.5. The third-order valence-corrected chi connectivity index (χ3v) is 7.50. The molecule has 5 heteroatoms. The number of hydrogen-bond acceptors (Lipinski definition) is 5. The van der Waals surface area contributed by atoms with Gasteiger partial charge in [-0.2, -0.15) is 0 Å². The molecule has 1 aliphatic heterocycles. The van der Waals surface area contributed by atoms with Gasteiger partial charge in [-0.3, -0.25) is 4.90 Å². The molecule has 0 radical (unpaired) electrons. The first-order valence-electron chi connectivity index (χ1n) is 9.87. The number of likely N-dealkylation sites (tertiary alicyclic amines) is 1. The van der Waals surface area contributed by atoms with Crippen LogP contribution in [0.15, 0.2) is 0 Å². The van der Waals surface area contributed by atoms with E-state index in [2.05, 4.69) is 17.1 Å². The highest BCUT2D eigenvalue weighted by Crippen LogP contribution is 2.31. The van der Waals surface area contributed by atoms with Crippen LogP contribution in [0.2, 0.25) is 0 Å². The van der Waals surface area contributed by atoms with Gasteiger partial charge in [0.15, 0.2) is 0 Å². The number of fused-ring (bicyclic) bond motifs is 1. The summed E-state index contributed by atoms with van der Waals surface area (Å²) in [6, 6.07) is 1.38. The van der Waals surface area contributed by atoms with Crippen molar-refractivity contribution in [1.29, 1.82) is 0 Å². The zero-order valence-corrected chi connectivity index (χ0v) is 15.7. The summed E-state index contributed by atoms with van der Waals surface area (Å²) >= 11 is 1.93. The Morgan fingerprint density at radius 1 is 1.12 bits per heavy atom. The van der Waals surface area contributed by atoms with Crippen molar-refractivity contribution < 1.29 is 5.11 Å². The lowest BCUT2D eigenvalue weighted by Gasteiger charge is -2.42. The number of aliphatic hydroxyl groups excluding tert-OH is 1. The van der Waals surface area contributed by atoms with E-state index in [9.17, 15) is 5.11 Å². The van der Waals surface area contributed by atoms with Gasteiger partial charge in [-0.1, -0.05) is 12.8 Å². The summed E-state index contributed by atoms with van der Waals surface area (Å²) in [4.78, 5) is 8.94. The van der Waals surface area contributed by atoms with Gasteiger partial charge in [0.1, 0.15) is 5.01 Å². The Morgan fingerprint density at radius 3 is 2.67 bits per heavy atom. The number of aromatic nitrogens is 1. The van der Waals surface area contributed by atoms with Crippen molar-refractivity contribution in [2.45, 2.75) is 88.9 Å². The van der Waals surface area contributed by atoms with Crippen LogP contribution >= 0.6 is 11.3 Å². The molecule has 3 aliphatic rings. The molecule has 4 rings (SSSR count). The largest absolute Gasteiger partial charge is 0.391 e. The molecule has 0 aromatic carbocycles. The van der Waals surface area contributed by atoms with Gasteiger partial charge in [0.2, 0.25) is 0 Å². The van der Waals surface area contributed by atoms with Gasteiger partial charge in [0, 0.05) is 30.1 Å². The van der Waals surface area contributed by atoms with Crippen molar-refractivity contribution in [2.75, 3.05) is 13.1 Å². The Kier molecular flexibility index (Phi) is 5.23. The smallest absolute Gasteiger partial charge is 0.110 e. The van der Waals surface area contributed by atoms with Crippen molar-refractivity contribution in [3.05, 3.63) is 15.6 Å². The predicted octanol–water partition coefficient (Wildman–Crippen LogP) is 3.05. The molecule has 1 aromatic rings. The number of aryl methyl sites for hydroxylation is 2. The lowest BCUT2D eigenvalue weighted by Crippen LogP contribution is -2.51. The van der Waals surface area contributed by atoms with E-state index in [0.29, 0.717) is 18.1 Å². The average Bonchev–Trinajstić information content (AvgIpc) is 3.18. The predicted molar refractivity (Wildman–Crippen MR) is 98.5 cm³/mol. The number of thiazole rings is 1. The highest BCUT2D eigenvalue weighted by atomic mass is 32.1. The molecule has 1 saturated heterocycles. The first kappa shape index (κ1) is 17.0. The van der Waals surface area contributed by atoms with E-state index < -0.39 is 0 Å². The minimum absolute atomic E-state index is 0.0973. The number of nitrogens with one attached hydrogen (secondary N) is 1. The fraction of sp³-hybridized carbons (Fsp3) is 0.842. The molecule has 1 saturated carbocycles. The Morgan fingerprint density at radius 2 is 1.92 bits per heavy atom. The molecule has 2 aliphatic carbocycles. The van der Waals surface area contributed by atoms with Crippen molar-refractivity contribution in [3.63, 3.8) is 0 Å². The molecule has 4 nitrogen and oxygen atoms in total. The second-order valence-electron chi connectivity index (χ2n) is 7.89. The Labute approximate surface area is 149 Å². The van der Waals surface area contributed by atoms with Gasteiger partial charge in [0.05, 0.1) is 17.8 Å². The van der Waals surface area contributed by atoms with E-state index in [0.717, 1.165) is 19.5 Å². The van der Waals surface area contributed by atoms with E-state index in [1.807, 2.05) is 11.3 Å². The van der Waals surface area contributed by atoms with Crippen LogP contribution in [0.5, 0.6) is 0 Å². The summed E-state index contributed by atoms with van der Waals surface area (Å²) in [7, 11) is 0. The SMILES string of the molecule is CC(NC1CCN(C2CCCCC2O)CC1)c1nc2c(s1)CCC2. The van der Waals surface area contributed by atoms with Crippen molar-refractivity contribution in [1.82, 2.24) is 15.2 Å². The maximum Gasteiger partial charge on any atom is 0.110 e. The highest BCUT2D eigenvalue weighted by Gasteiger charge is 2.32. The monoisotopic (exact) mass is 349 g/mol. The summed E-state index contributed by atoms with van der Waals surface area (Å²) in [5, 5.41) is 15.4. The van der Waals surface area contributed by atoms with Gasteiger partial charge in [-0.15, -0.1) is 11.3 Å². The minimum Gasteiger partial charge on any atom is -0.391 e. The first-order valence-corrected chi connectivity index (χ1v) is 10.7. The van der Waals surface area contributed by atoms with Gasteiger partial charge in [0.25, 0.3) is 0 Å². The van der Waals surface area contributed by atoms with E-state index in [1.165, 1.54) is 66.9 Å². The van der Waals surface area contributed by atoms with Gasteiger partial charge < -0.3 is 10.4 Å². The van der Waals surface area contributed by atoms with Crippen molar-refractivity contribution >= 4 is 11.3 Å². The molecule has 2 N–H and O–H groups in total. The molecule has 24 heavy (non-hydrogen) atoms. The number of piperidine rings is 1. The molecule has 134 valence electrons. The maximum absolute atomic E-state index is 10.3.